The average Bonchev–Trinajstić information content (AvgIpc) is 2.28. The number of hydrogen-bond acceptors (Lipinski definition) is 4. The van der Waals surface area contributed by atoms with Crippen molar-refractivity contribution in [2.45, 2.75) is 6.92 Å². The molecule has 0 fully saturated rings. The van der Waals surface area contributed by atoms with Gasteiger partial charge in [0.25, 0.3) is 0 Å². The van der Waals surface area contributed by atoms with Gasteiger partial charge in [-0.2, -0.15) is 0 Å². The van der Waals surface area contributed by atoms with Crippen LogP contribution in [0.5, 0.6) is 11.5 Å². The van der Waals surface area contributed by atoms with E-state index in [1.54, 1.807) is 12.1 Å². The van der Waals surface area contributed by atoms with Gasteiger partial charge >= 0.3 is 0 Å². The van der Waals surface area contributed by atoms with Gasteiger partial charge in [0.2, 0.25) is 0 Å². The van der Waals surface area contributed by atoms with E-state index < -0.39 is 0 Å². The highest BCUT2D eigenvalue weighted by molar-refractivity contribution is 9.10. The van der Waals surface area contributed by atoms with E-state index in [4.69, 9.17) is 14.2 Å². The number of benzene rings is 1. The Morgan fingerprint density at radius 2 is 2.12 bits per heavy atom. The molecule has 0 aromatic heterocycles. The van der Waals surface area contributed by atoms with E-state index in [0.29, 0.717) is 28.1 Å². The molecule has 0 aliphatic carbocycles. The summed E-state index contributed by atoms with van der Waals surface area (Å²) >= 11 is 3.32. The smallest absolute Gasteiger partial charge is 0.188 e. The molecule has 0 radical (unpaired) electrons. The molecule has 0 atom stereocenters. The average molecular weight is 289 g/mol. The Labute approximate surface area is 103 Å². The molecule has 1 aromatic rings. The topological polar surface area (TPSA) is 44.8 Å². The van der Waals surface area contributed by atoms with Crippen LogP contribution >= 0.6 is 15.9 Å². The zero-order chi connectivity index (χ0) is 12.0. The van der Waals surface area contributed by atoms with Crippen LogP contribution in [0.15, 0.2) is 16.6 Å². The van der Waals surface area contributed by atoms with E-state index in [1.165, 1.54) is 7.11 Å². The molecule has 0 bridgehead atoms. The van der Waals surface area contributed by atoms with E-state index in [1.807, 2.05) is 6.92 Å². The van der Waals surface area contributed by atoms with Gasteiger partial charge in [0, 0.05) is 12.7 Å². The third-order valence-electron chi connectivity index (χ3n) is 1.79. The van der Waals surface area contributed by atoms with E-state index in [0.717, 1.165) is 6.29 Å². The summed E-state index contributed by atoms with van der Waals surface area (Å²) in [5, 5.41) is 0. The summed E-state index contributed by atoms with van der Waals surface area (Å²) in [6.45, 7) is 2.48. The lowest BCUT2D eigenvalue weighted by atomic mass is 10.2. The Kier molecular flexibility index (Phi) is 5.28. The minimum Gasteiger partial charge on any atom is -0.490 e. The van der Waals surface area contributed by atoms with Crippen molar-refractivity contribution < 1.29 is 19.0 Å². The summed E-state index contributed by atoms with van der Waals surface area (Å²) in [4.78, 5) is 10.7. The van der Waals surface area contributed by atoms with Crippen LogP contribution in [0, 0.1) is 0 Å². The molecule has 0 N–H and O–H groups in total. The van der Waals surface area contributed by atoms with Gasteiger partial charge < -0.3 is 14.2 Å². The Bertz CT molecular complexity index is 365. The maximum absolute atomic E-state index is 10.7. The fraction of sp³-hybridized carbons (Fsp3) is 0.364. The predicted octanol–water partition coefficient (Wildman–Crippen LogP) is 2.64. The van der Waals surface area contributed by atoms with Crippen LogP contribution in [-0.2, 0) is 4.74 Å². The second-order valence-electron chi connectivity index (χ2n) is 2.93. The minimum absolute atomic E-state index is 0.124. The standard InChI is InChI=1S/C11H13BrO4/c1-3-15-10-5-8(6-13)4-9(12)11(10)16-7-14-2/h4-6H,3,7H2,1-2H3. The third-order valence-corrected chi connectivity index (χ3v) is 2.38. The summed E-state index contributed by atoms with van der Waals surface area (Å²) < 4.78 is 16.2. The van der Waals surface area contributed by atoms with Gasteiger partial charge in [-0.05, 0) is 35.0 Å². The Morgan fingerprint density at radius 1 is 1.38 bits per heavy atom. The molecule has 88 valence electrons. The number of hydrogen-bond donors (Lipinski definition) is 0. The van der Waals surface area contributed by atoms with Gasteiger partial charge in [-0.3, -0.25) is 4.79 Å². The number of halogens is 1. The molecule has 5 heteroatoms. The summed E-state index contributed by atoms with van der Waals surface area (Å²) in [6, 6.07) is 3.30. The maximum Gasteiger partial charge on any atom is 0.188 e. The zero-order valence-electron chi connectivity index (χ0n) is 9.16. The highest BCUT2D eigenvalue weighted by Crippen LogP contribution is 2.36. The van der Waals surface area contributed by atoms with Crippen LogP contribution in [-0.4, -0.2) is 26.8 Å². The van der Waals surface area contributed by atoms with Crippen molar-refractivity contribution in [3.05, 3.63) is 22.2 Å². The van der Waals surface area contributed by atoms with Gasteiger partial charge in [-0.1, -0.05) is 0 Å². The van der Waals surface area contributed by atoms with Crippen molar-refractivity contribution in [1.29, 1.82) is 0 Å². The molecule has 1 aromatic carbocycles. The first-order valence-corrected chi connectivity index (χ1v) is 5.55. The largest absolute Gasteiger partial charge is 0.490 e. The SMILES string of the molecule is CCOc1cc(C=O)cc(Br)c1OCOC. The fourth-order valence-corrected chi connectivity index (χ4v) is 1.75. The summed E-state index contributed by atoms with van der Waals surface area (Å²) in [7, 11) is 1.54. The van der Waals surface area contributed by atoms with Crippen LogP contribution in [0.2, 0.25) is 0 Å². The third kappa shape index (κ3) is 3.21. The Hall–Kier alpha value is -1.07. The van der Waals surface area contributed by atoms with Crippen LogP contribution in [0.1, 0.15) is 17.3 Å². The van der Waals surface area contributed by atoms with Crippen LogP contribution in [0.25, 0.3) is 0 Å². The van der Waals surface area contributed by atoms with Gasteiger partial charge in [0.05, 0.1) is 11.1 Å². The molecule has 4 nitrogen and oxygen atoms in total. The molecule has 0 saturated heterocycles. The number of aldehydes is 1. The zero-order valence-corrected chi connectivity index (χ0v) is 10.7. The quantitative estimate of drug-likeness (QED) is 0.596. The first kappa shape index (κ1) is 13.0. The van der Waals surface area contributed by atoms with Gasteiger partial charge in [0.1, 0.15) is 6.29 Å². The fourth-order valence-electron chi connectivity index (χ4n) is 1.18. The second kappa shape index (κ2) is 6.50. The number of ether oxygens (including phenoxy) is 3. The Balaban J connectivity index is 3.06. The maximum atomic E-state index is 10.7. The molecule has 0 aliphatic rings. The minimum atomic E-state index is 0.124. The molecule has 0 saturated carbocycles. The Morgan fingerprint density at radius 3 is 2.69 bits per heavy atom. The van der Waals surface area contributed by atoms with E-state index in [9.17, 15) is 4.79 Å². The normalized spacial score (nSPS) is 9.94. The number of carbonyl (C=O) groups is 1. The van der Waals surface area contributed by atoms with Crippen LogP contribution < -0.4 is 9.47 Å². The lowest BCUT2D eigenvalue weighted by molar-refractivity contribution is 0.0481. The summed E-state index contributed by atoms with van der Waals surface area (Å²) in [5.74, 6) is 1.06. The first-order chi connectivity index (χ1) is 7.72. The number of methoxy groups -OCH3 is 1. The van der Waals surface area contributed by atoms with E-state index in [-0.39, 0.29) is 6.79 Å². The van der Waals surface area contributed by atoms with Crippen LogP contribution in [0.4, 0.5) is 0 Å². The molecular weight excluding hydrogens is 276 g/mol. The first-order valence-electron chi connectivity index (χ1n) is 4.76. The summed E-state index contributed by atoms with van der Waals surface area (Å²) in [6.07, 6.45) is 0.757. The monoisotopic (exact) mass is 288 g/mol. The number of carbonyl (C=O) groups excluding carboxylic acids is 1. The summed E-state index contributed by atoms with van der Waals surface area (Å²) in [5.41, 5.74) is 0.528. The van der Waals surface area contributed by atoms with Gasteiger partial charge in [-0.15, -0.1) is 0 Å². The van der Waals surface area contributed by atoms with Crippen molar-refractivity contribution in [3.63, 3.8) is 0 Å². The van der Waals surface area contributed by atoms with E-state index in [2.05, 4.69) is 15.9 Å². The lowest BCUT2D eigenvalue weighted by Gasteiger charge is -2.13. The molecular formula is C11H13BrO4. The van der Waals surface area contributed by atoms with Gasteiger partial charge in [0.15, 0.2) is 18.3 Å². The predicted molar refractivity (Wildman–Crippen MR) is 63.2 cm³/mol. The highest BCUT2D eigenvalue weighted by atomic mass is 79.9. The van der Waals surface area contributed by atoms with Crippen molar-refractivity contribution in [1.82, 2.24) is 0 Å². The molecule has 0 aliphatic heterocycles. The molecule has 0 spiro atoms. The van der Waals surface area contributed by atoms with E-state index >= 15 is 0 Å². The molecule has 0 unspecified atom stereocenters. The highest BCUT2D eigenvalue weighted by Gasteiger charge is 2.11. The van der Waals surface area contributed by atoms with Crippen molar-refractivity contribution >= 4 is 22.2 Å². The molecule has 1 rings (SSSR count). The lowest BCUT2D eigenvalue weighted by Crippen LogP contribution is -2.03. The second-order valence-corrected chi connectivity index (χ2v) is 3.79. The number of rotatable bonds is 6. The molecule has 0 heterocycles. The van der Waals surface area contributed by atoms with Gasteiger partial charge in [-0.25, -0.2) is 0 Å². The molecule has 16 heavy (non-hydrogen) atoms. The molecule has 0 amide bonds. The van der Waals surface area contributed by atoms with Crippen molar-refractivity contribution in [2.75, 3.05) is 20.5 Å². The van der Waals surface area contributed by atoms with Crippen LogP contribution in [0.3, 0.4) is 0 Å². The van der Waals surface area contributed by atoms with Crippen molar-refractivity contribution in [2.24, 2.45) is 0 Å². The van der Waals surface area contributed by atoms with Crippen molar-refractivity contribution in [3.8, 4) is 11.5 Å².